The number of anilines is 1. The lowest BCUT2D eigenvalue weighted by atomic mass is 10.2. The first-order valence-electron chi connectivity index (χ1n) is 8.46. The van der Waals surface area contributed by atoms with Gasteiger partial charge in [0, 0.05) is 10.9 Å². The van der Waals surface area contributed by atoms with E-state index in [-0.39, 0.29) is 11.6 Å². The van der Waals surface area contributed by atoms with Crippen molar-refractivity contribution in [3.63, 3.8) is 0 Å². The van der Waals surface area contributed by atoms with Crippen molar-refractivity contribution in [3.8, 4) is 5.75 Å². The highest BCUT2D eigenvalue weighted by molar-refractivity contribution is 6.02. The molecule has 0 radical (unpaired) electrons. The summed E-state index contributed by atoms with van der Waals surface area (Å²) in [5.41, 5.74) is 5.23. The number of phenols is 1. The Morgan fingerprint density at radius 1 is 0.852 bits per heavy atom. The molecule has 3 aromatic carbocycles. The Labute approximate surface area is 155 Å². The molecule has 0 amide bonds. The van der Waals surface area contributed by atoms with Crippen LogP contribution in [0.4, 0.5) is 11.5 Å². The van der Waals surface area contributed by atoms with Crippen LogP contribution in [0.25, 0.3) is 10.9 Å². The zero-order valence-corrected chi connectivity index (χ0v) is 14.4. The van der Waals surface area contributed by atoms with Crippen molar-refractivity contribution >= 4 is 28.2 Å². The Bertz CT molecular complexity index is 1080. The molecule has 0 fully saturated rings. The van der Waals surface area contributed by atoms with Crippen LogP contribution in [0.15, 0.2) is 100 Å². The fourth-order valence-corrected chi connectivity index (χ4v) is 2.64. The molecular weight excluding hydrogens is 338 g/mol. The third-order valence-electron chi connectivity index (χ3n) is 3.98. The van der Waals surface area contributed by atoms with Gasteiger partial charge < -0.3 is 10.1 Å². The number of amidine groups is 1. The predicted molar refractivity (Wildman–Crippen MR) is 108 cm³/mol. The molecule has 0 aliphatic carbocycles. The number of fused-ring (bicyclic) bond motifs is 1. The molecule has 0 atom stereocenters. The van der Waals surface area contributed by atoms with E-state index < -0.39 is 0 Å². The van der Waals surface area contributed by atoms with Gasteiger partial charge in [0.05, 0.1) is 11.3 Å². The van der Waals surface area contributed by atoms with E-state index in [0.29, 0.717) is 11.4 Å². The number of para-hydroxylation sites is 3. The normalized spacial score (nSPS) is 11.9. The number of nitrogens with one attached hydrogen (secondary N) is 2. The zero-order valence-electron chi connectivity index (χ0n) is 14.4. The van der Waals surface area contributed by atoms with E-state index in [1.165, 1.54) is 0 Å². The zero-order chi connectivity index (χ0) is 18.5. The molecule has 0 aliphatic heterocycles. The number of aromatic hydroxyl groups is 1. The molecule has 0 spiro atoms. The number of hydrogen-bond acceptors (Lipinski definition) is 4. The summed E-state index contributed by atoms with van der Waals surface area (Å²) in [4.78, 5) is 3.19. The third kappa shape index (κ3) is 3.85. The lowest BCUT2D eigenvalue weighted by molar-refractivity contribution is 0.474. The first-order valence-corrected chi connectivity index (χ1v) is 8.46. The summed E-state index contributed by atoms with van der Waals surface area (Å²) in [7, 11) is 0. The molecule has 1 heterocycles. The summed E-state index contributed by atoms with van der Waals surface area (Å²) < 4.78 is 0. The van der Waals surface area contributed by atoms with E-state index in [1.807, 2.05) is 66.7 Å². The minimum Gasteiger partial charge on any atom is -0.507 e. The quantitative estimate of drug-likeness (QED) is 0.197. The van der Waals surface area contributed by atoms with Gasteiger partial charge in [-0.1, -0.05) is 48.5 Å². The van der Waals surface area contributed by atoms with Crippen LogP contribution in [0.2, 0.25) is 0 Å². The standard InChI is InChI=1S/C21H17N5O/c27-19-13-7-5-11-17(19)21(25-23-16-9-2-1-3-10-16)26-24-20-14-15-8-4-6-12-18(15)22-20/h1-14,22-23,27H/b25-21+,26-24?. The molecule has 27 heavy (non-hydrogen) atoms. The van der Waals surface area contributed by atoms with Gasteiger partial charge >= 0.3 is 0 Å². The number of nitrogens with zero attached hydrogens (tertiary/aromatic N) is 3. The van der Waals surface area contributed by atoms with Gasteiger partial charge in [0.25, 0.3) is 0 Å². The highest BCUT2D eigenvalue weighted by Crippen LogP contribution is 2.22. The van der Waals surface area contributed by atoms with E-state index in [1.54, 1.807) is 18.2 Å². The van der Waals surface area contributed by atoms with Crippen LogP contribution < -0.4 is 5.43 Å². The number of rotatable bonds is 4. The van der Waals surface area contributed by atoms with Crippen LogP contribution in [-0.2, 0) is 0 Å². The van der Waals surface area contributed by atoms with Gasteiger partial charge in [-0.3, -0.25) is 5.43 Å². The van der Waals surface area contributed by atoms with Gasteiger partial charge in [-0.15, -0.1) is 10.2 Å². The van der Waals surface area contributed by atoms with Gasteiger partial charge in [-0.2, -0.15) is 5.10 Å². The maximum atomic E-state index is 10.2. The fourth-order valence-electron chi connectivity index (χ4n) is 2.64. The van der Waals surface area contributed by atoms with E-state index in [4.69, 9.17) is 0 Å². The number of H-pyrrole nitrogens is 1. The molecule has 0 saturated heterocycles. The molecule has 4 aromatic rings. The molecular formula is C21H17N5O. The maximum Gasteiger partial charge on any atom is 0.204 e. The average molecular weight is 355 g/mol. The first-order chi connectivity index (χ1) is 13.3. The number of azo groups is 1. The summed E-state index contributed by atoms with van der Waals surface area (Å²) >= 11 is 0. The number of aromatic nitrogens is 1. The Morgan fingerprint density at radius 2 is 1.59 bits per heavy atom. The Morgan fingerprint density at radius 3 is 2.41 bits per heavy atom. The topological polar surface area (TPSA) is 85.1 Å². The Balaban J connectivity index is 1.67. The molecule has 132 valence electrons. The van der Waals surface area contributed by atoms with Crippen molar-refractivity contribution in [1.29, 1.82) is 0 Å². The second kappa shape index (κ2) is 7.53. The highest BCUT2D eigenvalue weighted by Gasteiger charge is 2.09. The van der Waals surface area contributed by atoms with Crippen LogP contribution in [0.5, 0.6) is 5.75 Å². The molecule has 0 saturated carbocycles. The maximum absolute atomic E-state index is 10.2. The summed E-state index contributed by atoms with van der Waals surface area (Å²) in [6.45, 7) is 0. The Hall–Kier alpha value is -3.93. The lowest BCUT2D eigenvalue weighted by Gasteiger charge is -2.04. The van der Waals surface area contributed by atoms with Crippen LogP contribution in [0, 0.1) is 0 Å². The first kappa shape index (κ1) is 16.5. The van der Waals surface area contributed by atoms with E-state index in [0.717, 1.165) is 16.6 Å². The van der Waals surface area contributed by atoms with E-state index >= 15 is 0 Å². The largest absolute Gasteiger partial charge is 0.507 e. The van der Waals surface area contributed by atoms with Crippen LogP contribution in [-0.4, -0.2) is 15.9 Å². The predicted octanol–water partition coefficient (Wildman–Crippen LogP) is 5.43. The smallest absolute Gasteiger partial charge is 0.204 e. The Kier molecular flexibility index (Phi) is 4.61. The molecule has 6 nitrogen and oxygen atoms in total. The van der Waals surface area contributed by atoms with Gasteiger partial charge in [-0.05, 0) is 36.4 Å². The summed E-state index contributed by atoms with van der Waals surface area (Å²) in [6, 6.07) is 26.2. The monoisotopic (exact) mass is 355 g/mol. The third-order valence-corrected chi connectivity index (χ3v) is 3.98. The second-order valence-corrected chi connectivity index (χ2v) is 5.87. The number of hydrogen-bond donors (Lipinski definition) is 3. The van der Waals surface area contributed by atoms with Gasteiger partial charge in [0.1, 0.15) is 5.75 Å². The molecule has 0 bridgehead atoms. The van der Waals surface area contributed by atoms with E-state index in [2.05, 4.69) is 25.7 Å². The van der Waals surface area contributed by atoms with Gasteiger partial charge in [0.15, 0.2) is 5.82 Å². The fraction of sp³-hybridized carbons (Fsp3) is 0. The van der Waals surface area contributed by atoms with Crippen molar-refractivity contribution in [1.82, 2.24) is 4.98 Å². The molecule has 0 aliphatic rings. The van der Waals surface area contributed by atoms with Crippen LogP contribution >= 0.6 is 0 Å². The highest BCUT2D eigenvalue weighted by atomic mass is 16.3. The van der Waals surface area contributed by atoms with Gasteiger partial charge in [0.2, 0.25) is 5.84 Å². The SMILES string of the molecule is Oc1ccccc1/C(N=Nc1cc2ccccc2[nH]1)=N\Nc1ccccc1. The van der Waals surface area contributed by atoms with Crippen molar-refractivity contribution in [2.45, 2.75) is 0 Å². The van der Waals surface area contributed by atoms with E-state index in [9.17, 15) is 5.11 Å². The molecule has 1 aromatic heterocycles. The number of phenolic OH excluding ortho intramolecular Hbond substituents is 1. The summed E-state index contributed by atoms with van der Waals surface area (Å²) in [6.07, 6.45) is 0. The minimum absolute atomic E-state index is 0.0849. The lowest BCUT2D eigenvalue weighted by Crippen LogP contribution is -2.01. The average Bonchev–Trinajstić information content (AvgIpc) is 3.13. The number of benzene rings is 3. The van der Waals surface area contributed by atoms with Crippen molar-refractivity contribution in [2.24, 2.45) is 15.3 Å². The molecule has 6 heteroatoms. The van der Waals surface area contributed by atoms with Crippen LogP contribution in [0.1, 0.15) is 5.56 Å². The second-order valence-electron chi connectivity index (χ2n) is 5.87. The van der Waals surface area contributed by atoms with Crippen molar-refractivity contribution in [2.75, 3.05) is 5.43 Å². The number of hydrazone groups is 1. The van der Waals surface area contributed by atoms with Gasteiger partial charge in [-0.25, -0.2) is 0 Å². The molecule has 4 rings (SSSR count). The van der Waals surface area contributed by atoms with Crippen LogP contribution in [0.3, 0.4) is 0 Å². The minimum atomic E-state index is 0.0849. The molecule has 0 unspecified atom stereocenters. The summed E-state index contributed by atoms with van der Waals surface area (Å²) in [5.74, 6) is 0.969. The molecule has 3 N–H and O–H groups in total. The van der Waals surface area contributed by atoms with Crippen molar-refractivity contribution < 1.29 is 5.11 Å². The summed E-state index contributed by atoms with van der Waals surface area (Å²) in [5, 5.41) is 24.1. The van der Waals surface area contributed by atoms with Crippen molar-refractivity contribution in [3.05, 3.63) is 90.5 Å². The number of aromatic amines is 1.